The first-order valence-electron chi connectivity index (χ1n) is 5.70. The number of rotatable bonds is 2. The Morgan fingerprint density at radius 2 is 1.67 bits per heavy atom. The molecule has 21 heavy (non-hydrogen) atoms. The highest BCUT2D eigenvalue weighted by Gasteiger charge is 2.30. The first kappa shape index (κ1) is 15.8. The average Bonchev–Trinajstić information content (AvgIpc) is 2.63. The monoisotopic (exact) mass is 338 g/mol. The lowest BCUT2D eigenvalue weighted by molar-refractivity contribution is -0.137. The van der Waals surface area contributed by atoms with Gasteiger partial charge in [-0.25, -0.2) is 13.1 Å². The van der Waals surface area contributed by atoms with Crippen LogP contribution in [0.1, 0.15) is 17.0 Å². The molecule has 0 bridgehead atoms. The van der Waals surface area contributed by atoms with Gasteiger partial charge in [-0.2, -0.15) is 18.3 Å². The van der Waals surface area contributed by atoms with Crippen LogP contribution in [0.4, 0.5) is 13.2 Å². The molecular weight excluding hydrogens is 329 g/mol. The van der Waals surface area contributed by atoms with Gasteiger partial charge in [0.2, 0.25) is 0 Å². The lowest BCUT2D eigenvalue weighted by Gasteiger charge is -2.08. The molecule has 1 aromatic heterocycles. The highest BCUT2D eigenvalue weighted by Crippen LogP contribution is 2.30. The van der Waals surface area contributed by atoms with Crippen LogP contribution in [0.2, 0.25) is 0 Å². The Kier molecular flexibility index (Phi) is 3.79. The number of hydrogen-bond donors (Lipinski definition) is 0. The van der Waals surface area contributed by atoms with E-state index in [0.717, 1.165) is 12.1 Å². The molecule has 0 radical (unpaired) electrons. The summed E-state index contributed by atoms with van der Waals surface area (Å²) in [5.41, 5.74) is -0.0576. The van der Waals surface area contributed by atoms with Crippen LogP contribution in [-0.4, -0.2) is 18.2 Å². The minimum Gasteiger partial charge on any atom is -0.236 e. The van der Waals surface area contributed by atoms with E-state index in [9.17, 15) is 21.6 Å². The maximum atomic E-state index is 12.5. The fraction of sp³-hybridized carbons (Fsp3) is 0.250. The van der Waals surface area contributed by atoms with E-state index in [1.54, 1.807) is 0 Å². The summed E-state index contributed by atoms with van der Waals surface area (Å²) in [6, 6.07) is 4.24. The summed E-state index contributed by atoms with van der Waals surface area (Å²) in [7, 11) is 1.35. The van der Waals surface area contributed by atoms with Crippen molar-refractivity contribution in [3.63, 3.8) is 0 Å². The largest absolute Gasteiger partial charge is 0.416 e. The second-order valence-electron chi connectivity index (χ2n) is 4.39. The summed E-state index contributed by atoms with van der Waals surface area (Å²) in [6.45, 7) is 2.94. The number of aryl methyl sites for hydroxylation is 1. The average molecular weight is 339 g/mol. The highest BCUT2D eigenvalue weighted by atomic mass is 35.7. The SMILES string of the molecule is Cc1nn(-c2ccc(C(F)(F)F)cc2)c(C)c1S(=O)(=O)Cl. The van der Waals surface area contributed by atoms with E-state index in [-0.39, 0.29) is 16.3 Å². The highest BCUT2D eigenvalue weighted by molar-refractivity contribution is 8.13. The van der Waals surface area contributed by atoms with Crippen molar-refractivity contribution in [3.05, 3.63) is 41.2 Å². The fourth-order valence-corrected chi connectivity index (χ4v) is 3.53. The molecule has 1 aromatic carbocycles. The molecule has 0 saturated carbocycles. The predicted octanol–water partition coefficient (Wildman–Crippen LogP) is 3.44. The van der Waals surface area contributed by atoms with Crippen molar-refractivity contribution in [3.8, 4) is 5.69 Å². The first-order valence-corrected chi connectivity index (χ1v) is 8.01. The molecule has 0 aliphatic rings. The van der Waals surface area contributed by atoms with Crippen LogP contribution in [0, 0.1) is 13.8 Å². The Hall–Kier alpha value is -1.54. The molecule has 0 unspecified atom stereocenters. The molecule has 1 heterocycles. The number of halogens is 4. The number of benzene rings is 1. The van der Waals surface area contributed by atoms with Gasteiger partial charge in [-0.3, -0.25) is 0 Å². The Morgan fingerprint density at radius 1 is 1.14 bits per heavy atom. The van der Waals surface area contributed by atoms with Crippen molar-refractivity contribution in [2.45, 2.75) is 24.9 Å². The number of aromatic nitrogens is 2. The standard InChI is InChI=1S/C12H10ClF3N2O2S/c1-7-11(21(13,19)20)8(2)18(17-7)10-5-3-9(4-6-10)12(14,15)16/h3-6H,1-2H3. The van der Waals surface area contributed by atoms with E-state index in [0.29, 0.717) is 5.69 Å². The van der Waals surface area contributed by atoms with Crippen molar-refractivity contribution in [1.29, 1.82) is 0 Å². The minimum atomic E-state index is -4.43. The van der Waals surface area contributed by atoms with Crippen molar-refractivity contribution >= 4 is 19.7 Å². The van der Waals surface area contributed by atoms with Gasteiger partial charge < -0.3 is 0 Å². The molecule has 0 spiro atoms. The molecule has 2 rings (SSSR count). The maximum absolute atomic E-state index is 12.5. The van der Waals surface area contributed by atoms with Gasteiger partial charge in [-0.05, 0) is 38.1 Å². The van der Waals surface area contributed by atoms with E-state index < -0.39 is 20.8 Å². The van der Waals surface area contributed by atoms with Gasteiger partial charge >= 0.3 is 6.18 Å². The normalized spacial score (nSPS) is 12.7. The van der Waals surface area contributed by atoms with Gasteiger partial charge in [0, 0.05) is 10.7 Å². The van der Waals surface area contributed by atoms with Crippen LogP contribution >= 0.6 is 10.7 Å². The summed E-state index contributed by atoms with van der Waals surface area (Å²) >= 11 is 0. The van der Waals surface area contributed by atoms with E-state index >= 15 is 0 Å². The molecular formula is C12H10ClF3N2O2S. The third-order valence-corrected chi connectivity index (χ3v) is 4.45. The van der Waals surface area contributed by atoms with Crippen molar-refractivity contribution < 1.29 is 21.6 Å². The molecule has 0 aliphatic heterocycles. The molecule has 0 fully saturated rings. The maximum Gasteiger partial charge on any atom is 0.416 e. The van der Waals surface area contributed by atoms with Crippen molar-refractivity contribution in [2.24, 2.45) is 0 Å². The number of alkyl halides is 3. The number of hydrogen-bond acceptors (Lipinski definition) is 3. The van der Waals surface area contributed by atoms with E-state index in [1.165, 1.54) is 30.7 Å². The predicted molar refractivity (Wildman–Crippen MR) is 71.1 cm³/mol. The van der Waals surface area contributed by atoms with Crippen LogP contribution in [0.3, 0.4) is 0 Å². The first-order chi connectivity index (χ1) is 9.51. The van der Waals surface area contributed by atoms with Crippen LogP contribution in [-0.2, 0) is 15.2 Å². The summed E-state index contributed by atoms with van der Waals surface area (Å²) in [5, 5.41) is 4.01. The second kappa shape index (κ2) is 5.03. The van der Waals surface area contributed by atoms with Gasteiger partial charge in [0.1, 0.15) is 4.90 Å². The molecule has 9 heteroatoms. The van der Waals surface area contributed by atoms with Gasteiger partial charge in [0.05, 0.1) is 22.6 Å². The summed E-state index contributed by atoms with van der Waals surface area (Å²) in [5.74, 6) is 0. The molecule has 0 amide bonds. The number of nitrogens with zero attached hydrogens (tertiary/aromatic N) is 2. The smallest absolute Gasteiger partial charge is 0.236 e. The zero-order valence-corrected chi connectivity index (χ0v) is 12.5. The summed E-state index contributed by atoms with van der Waals surface area (Å²) in [4.78, 5) is -0.135. The lowest BCUT2D eigenvalue weighted by Crippen LogP contribution is -2.06. The Balaban J connectivity index is 2.54. The molecule has 2 aromatic rings. The quantitative estimate of drug-likeness (QED) is 0.788. The van der Waals surface area contributed by atoms with Gasteiger partial charge in [0.15, 0.2) is 0 Å². The lowest BCUT2D eigenvalue weighted by atomic mass is 10.2. The summed E-state index contributed by atoms with van der Waals surface area (Å²) < 4.78 is 61.7. The molecule has 0 saturated heterocycles. The molecule has 114 valence electrons. The fourth-order valence-electron chi connectivity index (χ4n) is 2.02. The zero-order valence-electron chi connectivity index (χ0n) is 10.9. The van der Waals surface area contributed by atoms with Crippen molar-refractivity contribution in [2.75, 3.05) is 0 Å². The Morgan fingerprint density at radius 3 is 2.05 bits per heavy atom. The summed E-state index contributed by atoms with van der Waals surface area (Å²) in [6.07, 6.45) is -4.43. The zero-order chi connectivity index (χ0) is 16.0. The third kappa shape index (κ3) is 3.06. The van der Waals surface area contributed by atoms with Crippen LogP contribution < -0.4 is 0 Å². The van der Waals surface area contributed by atoms with Gasteiger partial charge in [-0.15, -0.1) is 0 Å². The molecule has 0 N–H and O–H groups in total. The third-order valence-electron chi connectivity index (χ3n) is 2.91. The van der Waals surface area contributed by atoms with Crippen LogP contribution in [0.25, 0.3) is 5.69 Å². The minimum absolute atomic E-state index is 0.135. The van der Waals surface area contributed by atoms with E-state index in [4.69, 9.17) is 10.7 Å². The Labute approximate surface area is 123 Å². The second-order valence-corrected chi connectivity index (χ2v) is 6.90. The molecule has 4 nitrogen and oxygen atoms in total. The Bertz CT molecular complexity index is 780. The van der Waals surface area contributed by atoms with Crippen LogP contribution in [0.15, 0.2) is 29.2 Å². The van der Waals surface area contributed by atoms with Gasteiger partial charge in [-0.1, -0.05) is 0 Å². The van der Waals surface area contributed by atoms with Crippen molar-refractivity contribution in [1.82, 2.24) is 9.78 Å². The molecule has 0 aliphatic carbocycles. The van der Waals surface area contributed by atoms with Crippen LogP contribution in [0.5, 0.6) is 0 Å². The molecule has 0 atom stereocenters. The van der Waals surface area contributed by atoms with E-state index in [1.807, 2.05) is 0 Å². The van der Waals surface area contributed by atoms with Gasteiger partial charge in [0.25, 0.3) is 9.05 Å². The van der Waals surface area contributed by atoms with E-state index in [2.05, 4.69) is 5.10 Å². The topological polar surface area (TPSA) is 52.0 Å².